The van der Waals surface area contributed by atoms with Gasteiger partial charge in [0.05, 0.1) is 5.52 Å². The van der Waals surface area contributed by atoms with Crippen LogP contribution in [0, 0.1) is 0 Å². The van der Waals surface area contributed by atoms with Crippen LogP contribution in [0.15, 0.2) is 33.3 Å². The van der Waals surface area contributed by atoms with Crippen molar-refractivity contribution in [3.05, 3.63) is 46.2 Å². The van der Waals surface area contributed by atoms with Gasteiger partial charge in [-0.25, -0.2) is 14.8 Å². The number of nitrogens with zero attached hydrogens (tertiary/aromatic N) is 2. The summed E-state index contributed by atoms with van der Waals surface area (Å²) in [6.07, 6.45) is 1.86. The highest BCUT2D eigenvalue weighted by Crippen LogP contribution is 2.21. The van der Waals surface area contributed by atoms with Crippen molar-refractivity contribution >= 4 is 33.1 Å². The predicted octanol–water partition coefficient (Wildman–Crippen LogP) is 3.79. The van der Waals surface area contributed by atoms with Crippen molar-refractivity contribution in [2.75, 3.05) is 0 Å². The van der Waals surface area contributed by atoms with Crippen LogP contribution in [0.2, 0.25) is 0 Å². The number of carbonyl (C=O) groups is 1. The van der Waals surface area contributed by atoms with E-state index in [1.807, 2.05) is 13.0 Å². The van der Waals surface area contributed by atoms with Gasteiger partial charge < -0.3 is 14.1 Å². The van der Waals surface area contributed by atoms with E-state index in [1.165, 1.54) is 0 Å². The number of rotatable bonds is 4. The van der Waals surface area contributed by atoms with Crippen LogP contribution in [0.5, 0.6) is 0 Å². The molecule has 3 aromatic rings. The zero-order chi connectivity index (χ0) is 15.7. The Kier molecular flexibility index (Phi) is 3.98. The van der Waals surface area contributed by atoms with E-state index >= 15 is 0 Å². The third-order valence-corrected chi connectivity index (χ3v) is 3.64. The minimum atomic E-state index is -0.532. The van der Waals surface area contributed by atoms with E-state index in [2.05, 4.69) is 30.9 Å². The molecule has 0 spiro atoms. The molecule has 114 valence electrons. The molecule has 0 fully saturated rings. The number of halogens is 1. The molecule has 0 aliphatic heterocycles. The largest absolute Gasteiger partial charge is 0.454 e. The molecule has 1 N–H and O–H groups in total. The van der Waals surface area contributed by atoms with Gasteiger partial charge >= 0.3 is 5.97 Å². The first-order valence-corrected chi connectivity index (χ1v) is 7.67. The second kappa shape index (κ2) is 5.92. The molecule has 3 aromatic heterocycles. The Balaban J connectivity index is 1.77. The van der Waals surface area contributed by atoms with Gasteiger partial charge in [-0.1, -0.05) is 6.92 Å². The highest BCUT2D eigenvalue weighted by molar-refractivity contribution is 9.10. The summed E-state index contributed by atoms with van der Waals surface area (Å²) in [6, 6.07) is 5.25. The number of hydrogen-bond donors (Lipinski definition) is 1. The van der Waals surface area contributed by atoms with E-state index in [4.69, 9.17) is 9.15 Å². The molecule has 6 nitrogen and oxygen atoms in total. The number of ether oxygens (including phenoxy) is 1. The van der Waals surface area contributed by atoms with Crippen molar-refractivity contribution in [3.8, 4) is 0 Å². The minimum Gasteiger partial charge on any atom is -0.454 e. The molecule has 3 rings (SSSR count). The first-order valence-electron chi connectivity index (χ1n) is 6.87. The molecule has 0 radical (unpaired) electrons. The Morgan fingerprint density at radius 2 is 2.32 bits per heavy atom. The number of hydrogen-bond acceptors (Lipinski definition) is 5. The van der Waals surface area contributed by atoms with Crippen molar-refractivity contribution in [2.45, 2.75) is 26.4 Å². The summed E-state index contributed by atoms with van der Waals surface area (Å²) in [4.78, 5) is 23.7. The Bertz CT molecular complexity index is 824. The summed E-state index contributed by atoms with van der Waals surface area (Å²) in [5.74, 6) is 0.969. The maximum absolute atomic E-state index is 12.0. The van der Waals surface area contributed by atoms with Gasteiger partial charge in [-0.15, -0.1) is 0 Å². The van der Waals surface area contributed by atoms with E-state index in [1.54, 1.807) is 25.3 Å². The molecular formula is C15H14BrN3O3. The fourth-order valence-corrected chi connectivity index (χ4v) is 2.37. The number of fused-ring (bicyclic) bond motifs is 1. The second-order valence-electron chi connectivity index (χ2n) is 4.81. The Morgan fingerprint density at radius 3 is 3.05 bits per heavy atom. The topological polar surface area (TPSA) is 81.0 Å². The summed E-state index contributed by atoms with van der Waals surface area (Å²) in [5, 5.41) is 0. The lowest BCUT2D eigenvalue weighted by Crippen LogP contribution is -2.09. The summed E-state index contributed by atoms with van der Waals surface area (Å²) in [6.45, 7) is 3.70. The molecule has 0 saturated heterocycles. The number of imidazole rings is 1. The predicted molar refractivity (Wildman–Crippen MR) is 83.5 cm³/mol. The Morgan fingerprint density at radius 1 is 1.50 bits per heavy atom. The average molecular weight is 364 g/mol. The third-order valence-electron chi connectivity index (χ3n) is 3.20. The molecule has 0 aliphatic rings. The monoisotopic (exact) mass is 363 g/mol. The standard InChI is InChI=1S/C15H14BrN3O3/c1-3-10-4-5-12(22-10)15(20)21-8(2)13-18-11-6-9(16)7-17-14(11)19-13/h4-8H,3H2,1-2H3,(H,17,18,19). The quantitative estimate of drug-likeness (QED) is 0.713. The van der Waals surface area contributed by atoms with Gasteiger partial charge in [0.15, 0.2) is 11.8 Å². The number of furan rings is 1. The number of aryl methyl sites for hydroxylation is 1. The molecule has 22 heavy (non-hydrogen) atoms. The lowest BCUT2D eigenvalue weighted by atomic mass is 10.3. The number of aromatic amines is 1. The first-order chi connectivity index (χ1) is 10.6. The smallest absolute Gasteiger partial charge is 0.374 e. The average Bonchev–Trinajstić information content (AvgIpc) is 3.13. The number of nitrogens with one attached hydrogen (secondary N) is 1. The van der Waals surface area contributed by atoms with Crippen LogP contribution in [0.25, 0.3) is 11.2 Å². The van der Waals surface area contributed by atoms with Gasteiger partial charge in [-0.2, -0.15) is 0 Å². The SMILES string of the molecule is CCc1ccc(C(=O)OC(C)c2nc3ncc(Br)cc3[nH]2)o1. The van der Waals surface area contributed by atoms with Crippen LogP contribution < -0.4 is 0 Å². The van der Waals surface area contributed by atoms with E-state index in [0.717, 1.165) is 22.2 Å². The van der Waals surface area contributed by atoms with Crippen LogP contribution in [0.3, 0.4) is 0 Å². The molecule has 7 heteroatoms. The van der Waals surface area contributed by atoms with Crippen molar-refractivity contribution in [1.82, 2.24) is 15.0 Å². The minimum absolute atomic E-state index is 0.195. The molecule has 0 saturated carbocycles. The molecule has 0 bridgehead atoms. The van der Waals surface area contributed by atoms with Gasteiger partial charge in [-0.3, -0.25) is 0 Å². The van der Waals surface area contributed by atoms with Crippen molar-refractivity contribution < 1.29 is 13.9 Å². The van der Waals surface area contributed by atoms with E-state index in [0.29, 0.717) is 11.5 Å². The molecule has 0 aromatic carbocycles. The van der Waals surface area contributed by atoms with Crippen molar-refractivity contribution in [1.29, 1.82) is 0 Å². The number of aromatic nitrogens is 3. The maximum atomic E-state index is 12.0. The molecule has 0 amide bonds. The number of esters is 1. The molecular weight excluding hydrogens is 350 g/mol. The van der Waals surface area contributed by atoms with E-state index in [-0.39, 0.29) is 5.76 Å². The van der Waals surface area contributed by atoms with Gasteiger partial charge in [0.25, 0.3) is 0 Å². The number of carbonyl (C=O) groups excluding carboxylic acids is 1. The van der Waals surface area contributed by atoms with Gasteiger partial charge in [0.1, 0.15) is 11.6 Å². The second-order valence-corrected chi connectivity index (χ2v) is 5.73. The fraction of sp³-hybridized carbons (Fsp3) is 0.267. The fourth-order valence-electron chi connectivity index (χ4n) is 2.04. The van der Waals surface area contributed by atoms with E-state index in [9.17, 15) is 4.79 Å². The van der Waals surface area contributed by atoms with Crippen molar-refractivity contribution in [2.24, 2.45) is 0 Å². The Labute approximate surface area is 135 Å². The summed E-state index contributed by atoms with van der Waals surface area (Å²) in [7, 11) is 0. The highest BCUT2D eigenvalue weighted by Gasteiger charge is 2.19. The van der Waals surface area contributed by atoms with Crippen LogP contribution in [0.1, 0.15) is 42.1 Å². The lowest BCUT2D eigenvalue weighted by Gasteiger charge is -2.09. The summed E-state index contributed by atoms with van der Waals surface area (Å²) < 4.78 is 11.6. The summed E-state index contributed by atoms with van der Waals surface area (Å²) >= 11 is 3.35. The normalized spacial score (nSPS) is 12.5. The van der Waals surface area contributed by atoms with Crippen LogP contribution in [-0.2, 0) is 11.2 Å². The maximum Gasteiger partial charge on any atom is 0.374 e. The Hall–Kier alpha value is -2.15. The number of pyridine rings is 1. The van der Waals surface area contributed by atoms with E-state index < -0.39 is 12.1 Å². The first kappa shape index (κ1) is 14.8. The molecule has 3 heterocycles. The number of H-pyrrole nitrogens is 1. The third kappa shape index (κ3) is 2.89. The van der Waals surface area contributed by atoms with Crippen LogP contribution >= 0.6 is 15.9 Å². The van der Waals surface area contributed by atoms with Gasteiger partial charge in [0, 0.05) is 17.1 Å². The van der Waals surface area contributed by atoms with Crippen molar-refractivity contribution in [3.63, 3.8) is 0 Å². The highest BCUT2D eigenvalue weighted by atomic mass is 79.9. The molecule has 0 aliphatic carbocycles. The molecule has 1 unspecified atom stereocenters. The molecule has 1 atom stereocenters. The van der Waals surface area contributed by atoms with Crippen LogP contribution in [0.4, 0.5) is 0 Å². The zero-order valence-electron chi connectivity index (χ0n) is 12.1. The van der Waals surface area contributed by atoms with Crippen LogP contribution in [-0.4, -0.2) is 20.9 Å². The lowest BCUT2D eigenvalue weighted by molar-refractivity contribution is 0.0284. The zero-order valence-corrected chi connectivity index (χ0v) is 13.7. The van der Waals surface area contributed by atoms with Gasteiger partial charge in [-0.05, 0) is 41.1 Å². The summed E-state index contributed by atoms with van der Waals surface area (Å²) in [5.41, 5.74) is 1.35. The van der Waals surface area contributed by atoms with Gasteiger partial charge in [0.2, 0.25) is 5.76 Å².